The molecule has 19 heavy (non-hydrogen) atoms. The van der Waals surface area contributed by atoms with Crippen LogP contribution in [0.4, 0.5) is 0 Å². The summed E-state index contributed by atoms with van der Waals surface area (Å²) in [7, 11) is -3.53. The summed E-state index contributed by atoms with van der Waals surface area (Å²) in [6.45, 7) is 0.360. The van der Waals surface area contributed by atoms with Crippen molar-refractivity contribution >= 4 is 21.8 Å². The van der Waals surface area contributed by atoms with E-state index in [9.17, 15) is 8.42 Å². The zero-order valence-electron chi connectivity index (χ0n) is 10.6. The molecular weight excluding hydrogens is 284 g/mol. The summed E-state index contributed by atoms with van der Waals surface area (Å²) >= 11 is 1.57. The van der Waals surface area contributed by atoms with E-state index >= 15 is 0 Å². The fourth-order valence-corrected chi connectivity index (χ4v) is 2.67. The first kappa shape index (κ1) is 16.0. The first-order valence-electron chi connectivity index (χ1n) is 5.63. The lowest BCUT2D eigenvalue weighted by molar-refractivity contribution is 0.305. The second kappa shape index (κ2) is 8.17. The number of aromatic nitrogens is 1. The minimum atomic E-state index is -3.53. The van der Waals surface area contributed by atoms with Gasteiger partial charge in [-0.2, -0.15) is 11.8 Å². The Morgan fingerprint density at radius 3 is 2.95 bits per heavy atom. The van der Waals surface area contributed by atoms with Gasteiger partial charge in [-0.3, -0.25) is 4.98 Å². The second-order valence-electron chi connectivity index (χ2n) is 3.58. The molecule has 0 spiro atoms. The van der Waals surface area contributed by atoms with E-state index in [1.807, 2.05) is 6.26 Å². The van der Waals surface area contributed by atoms with Crippen LogP contribution in [-0.4, -0.2) is 43.7 Å². The summed E-state index contributed by atoms with van der Waals surface area (Å²) in [5.74, 6) is 6.19. The van der Waals surface area contributed by atoms with Gasteiger partial charge in [0.15, 0.2) is 0 Å². The van der Waals surface area contributed by atoms with Gasteiger partial charge in [0, 0.05) is 36.7 Å². The number of sulfonamides is 1. The number of nitrogens with one attached hydrogen (secondary N) is 1. The molecule has 0 amide bonds. The van der Waals surface area contributed by atoms with Gasteiger partial charge in [-0.25, -0.2) is 13.1 Å². The number of thioether (sulfide) groups is 1. The Balaban J connectivity index is 2.84. The quantitative estimate of drug-likeness (QED) is 0.589. The number of aliphatic hydroxyl groups is 1. The molecule has 0 atom stereocenters. The Labute approximate surface area is 117 Å². The summed E-state index contributed by atoms with van der Waals surface area (Å²) in [5, 5.41) is 8.62. The molecule has 5 nitrogen and oxygen atoms in total. The molecule has 0 fully saturated rings. The molecule has 0 aliphatic heterocycles. The van der Waals surface area contributed by atoms with Crippen LogP contribution in [0, 0.1) is 11.8 Å². The summed E-state index contributed by atoms with van der Waals surface area (Å²) in [5.41, 5.74) is 0.515. The summed E-state index contributed by atoms with van der Waals surface area (Å²) in [6, 6.07) is 1.47. The highest BCUT2D eigenvalue weighted by atomic mass is 32.2. The fourth-order valence-electron chi connectivity index (χ4n) is 1.22. The summed E-state index contributed by atoms with van der Waals surface area (Å²) in [4.78, 5) is 3.97. The van der Waals surface area contributed by atoms with Crippen molar-refractivity contribution in [2.45, 2.75) is 11.3 Å². The van der Waals surface area contributed by atoms with Gasteiger partial charge in [-0.1, -0.05) is 11.8 Å². The van der Waals surface area contributed by atoms with Gasteiger partial charge in [0.1, 0.15) is 4.90 Å². The first-order chi connectivity index (χ1) is 9.10. The zero-order valence-corrected chi connectivity index (χ0v) is 12.2. The highest BCUT2D eigenvalue weighted by Gasteiger charge is 2.13. The lowest BCUT2D eigenvalue weighted by atomic mass is 10.3. The van der Waals surface area contributed by atoms with Crippen molar-refractivity contribution in [3.63, 3.8) is 0 Å². The van der Waals surface area contributed by atoms with E-state index in [1.54, 1.807) is 11.8 Å². The maximum atomic E-state index is 11.9. The third-order valence-electron chi connectivity index (χ3n) is 2.09. The van der Waals surface area contributed by atoms with Crippen molar-refractivity contribution < 1.29 is 13.5 Å². The Kier molecular flexibility index (Phi) is 6.87. The molecule has 0 aliphatic rings. The molecule has 0 aliphatic carbocycles. The monoisotopic (exact) mass is 300 g/mol. The third-order valence-corrected chi connectivity index (χ3v) is 4.13. The predicted molar refractivity (Wildman–Crippen MR) is 76.4 cm³/mol. The largest absolute Gasteiger partial charge is 0.395 e. The Bertz CT molecular complexity index is 562. The molecule has 104 valence electrons. The molecule has 0 bridgehead atoms. The van der Waals surface area contributed by atoms with E-state index in [0.29, 0.717) is 24.3 Å². The van der Waals surface area contributed by atoms with E-state index in [1.165, 1.54) is 18.5 Å². The van der Waals surface area contributed by atoms with Crippen LogP contribution in [0.2, 0.25) is 0 Å². The van der Waals surface area contributed by atoms with Gasteiger partial charge in [0.2, 0.25) is 10.0 Å². The fraction of sp³-hybridized carbons (Fsp3) is 0.417. The minimum Gasteiger partial charge on any atom is -0.395 e. The molecule has 2 N–H and O–H groups in total. The van der Waals surface area contributed by atoms with E-state index in [0.717, 1.165) is 0 Å². The minimum absolute atomic E-state index is 0.0192. The number of nitrogens with zero attached hydrogens (tertiary/aromatic N) is 1. The van der Waals surface area contributed by atoms with Gasteiger partial charge < -0.3 is 5.11 Å². The highest BCUT2D eigenvalue weighted by Crippen LogP contribution is 2.08. The van der Waals surface area contributed by atoms with E-state index in [-0.39, 0.29) is 11.5 Å². The number of hydrogen-bond donors (Lipinski definition) is 2. The Hall–Kier alpha value is -1.07. The molecule has 0 saturated carbocycles. The maximum Gasteiger partial charge on any atom is 0.242 e. The van der Waals surface area contributed by atoms with Crippen LogP contribution < -0.4 is 4.72 Å². The van der Waals surface area contributed by atoms with Gasteiger partial charge in [-0.15, -0.1) is 0 Å². The Morgan fingerprint density at radius 2 is 2.26 bits per heavy atom. The van der Waals surface area contributed by atoms with Gasteiger partial charge >= 0.3 is 0 Å². The van der Waals surface area contributed by atoms with Crippen LogP contribution in [0.1, 0.15) is 12.0 Å². The molecule has 0 aromatic carbocycles. The summed E-state index contributed by atoms with van der Waals surface area (Å²) in [6.07, 6.45) is 5.04. The zero-order chi connectivity index (χ0) is 14.1. The standard InChI is InChI=1S/C12H16N2O3S2/c1-18-7-5-14-19(16,17)12-8-11(9-13-10-12)4-2-3-6-15/h8-10,14-15H,3,5-7H2,1H3. The number of rotatable bonds is 6. The average Bonchev–Trinajstić information content (AvgIpc) is 2.40. The van der Waals surface area contributed by atoms with Crippen molar-refractivity contribution in [2.75, 3.05) is 25.2 Å². The summed E-state index contributed by atoms with van der Waals surface area (Å²) < 4.78 is 26.4. The predicted octanol–water partition coefficient (Wildman–Crippen LogP) is 0.457. The van der Waals surface area contributed by atoms with Crippen LogP contribution in [-0.2, 0) is 10.0 Å². The lowest BCUT2D eigenvalue weighted by Crippen LogP contribution is -2.26. The van der Waals surface area contributed by atoms with Crippen molar-refractivity contribution in [2.24, 2.45) is 0 Å². The average molecular weight is 300 g/mol. The molecule has 1 aromatic heterocycles. The van der Waals surface area contributed by atoms with Crippen molar-refractivity contribution in [3.8, 4) is 11.8 Å². The molecule has 1 rings (SSSR count). The van der Waals surface area contributed by atoms with E-state index in [2.05, 4.69) is 21.5 Å². The molecule has 1 aromatic rings. The van der Waals surface area contributed by atoms with Crippen LogP contribution in [0.15, 0.2) is 23.4 Å². The number of hydrogen-bond acceptors (Lipinski definition) is 5. The topological polar surface area (TPSA) is 79.3 Å². The molecule has 7 heteroatoms. The van der Waals surface area contributed by atoms with E-state index in [4.69, 9.17) is 5.11 Å². The van der Waals surface area contributed by atoms with Gasteiger partial charge in [-0.05, 0) is 12.3 Å². The highest BCUT2D eigenvalue weighted by molar-refractivity contribution is 7.98. The second-order valence-corrected chi connectivity index (χ2v) is 6.33. The SMILES string of the molecule is CSCCNS(=O)(=O)c1cncc(C#CCCO)c1. The molecule has 0 radical (unpaired) electrons. The molecule has 0 unspecified atom stereocenters. The van der Waals surface area contributed by atoms with Crippen LogP contribution in [0.3, 0.4) is 0 Å². The normalized spacial score (nSPS) is 10.8. The van der Waals surface area contributed by atoms with Crippen molar-refractivity contribution in [1.29, 1.82) is 0 Å². The van der Waals surface area contributed by atoms with Crippen molar-refractivity contribution in [3.05, 3.63) is 24.0 Å². The van der Waals surface area contributed by atoms with Crippen LogP contribution >= 0.6 is 11.8 Å². The maximum absolute atomic E-state index is 11.9. The van der Waals surface area contributed by atoms with Crippen LogP contribution in [0.5, 0.6) is 0 Å². The molecule has 0 saturated heterocycles. The molecule has 1 heterocycles. The Morgan fingerprint density at radius 1 is 1.47 bits per heavy atom. The number of aliphatic hydroxyl groups excluding tert-OH is 1. The van der Waals surface area contributed by atoms with Gasteiger partial charge in [0.05, 0.1) is 6.61 Å². The lowest BCUT2D eigenvalue weighted by Gasteiger charge is -2.05. The number of pyridine rings is 1. The van der Waals surface area contributed by atoms with Crippen LogP contribution in [0.25, 0.3) is 0 Å². The first-order valence-corrected chi connectivity index (χ1v) is 8.51. The molecular formula is C12H16N2O3S2. The van der Waals surface area contributed by atoms with Gasteiger partial charge in [0.25, 0.3) is 0 Å². The van der Waals surface area contributed by atoms with Crippen molar-refractivity contribution in [1.82, 2.24) is 9.71 Å². The van der Waals surface area contributed by atoms with E-state index < -0.39 is 10.0 Å². The smallest absolute Gasteiger partial charge is 0.242 e. The third kappa shape index (κ3) is 5.61.